The van der Waals surface area contributed by atoms with E-state index in [4.69, 9.17) is 0 Å². The van der Waals surface area contributed by atoms with Crippen LogP contribution in [0, 0.1) is 5.92 Å². The minimum Gasteiger partial charge on any atom is -0.311 e. The number of hydrogen-bond donors (Lipinski definition) is 1. The van der Waals surface area contributed by atoms with Crippen LogP contribution >= 0.6 is 0 Å². The van der Waals surface area contributed by atoms with Crippen LogP contribution in [-0.4, -0.2) is 12.1 Å². The van der Waals surface area contributed by atoms with Crippen LogP contribution in [0.25, 0.3) is 0 Å². The fourth-order valence-corrected chi connectivity index (χ4v) is 3.83. The van der Waals surface area contributed by atoms with Crippen molar-refractivity contribution < 1.29 is 0 Å². The van der Waals surface area contributed by atoms with Crippen LogP contribution in [0.3, 0.4) is 0 Å². The van der Waals surface area contributed by atoms with E-state index in [9.17, 15) is 0 Å². The fraction of sp³-hybridized carbons (Fsp3) is 0.647. The Hall–Kier alpha value is -0.820. The monoisotopic (exact) mass is 243 g/mol. The first-order chi connectivity index (χ1) is 8.92. The second-order valence-corrected chi connectivity index (χ2v) is 6.12. The normalized spacial score (nSPS) is 31.2. The summed E-state index contributed by atoms with van der Waals surface area (Å²) in [5.41, 5.74) is 1.49. The highest BCUT2D eigenvalue weighted by Crippen LogP contribution is 2.34. The number of aryl methyl sites for hydroxylation is 1. The first-order valence-electron chi connectivity index (χ1n) is 7.72. The van der Waals surface area contributed by atoms with E-state index < -0.39 is 0 Å². The smallest absolute Gasteiger partial charge is 0.00979 e. The van der Waals surface area contributed by atoms with Gasteiger partial charge >= 0.3 is 0 Å². The van der Waals surface area contributed by atoms with Gasteiger partial charge in [-0.15, -0.1) is 0 Å². The summed E-state index contributed by atoms with van der Waals surface area (Å²) in [6.45, 7) is 0. The van der Waals surface area contributed by atoms with Crippen LogP contribution < -0.4 is 5.32 Å². The lowest BCUT2D eigenvalue weighted by atomic mass is 9.88. The Labute approximate surface area is 111 Å². The minimum atomic E-state index is 0.799. The third-order valence-electron chi connectivity index (χ3n) is 4.86. The van der Waals surface area contributed by atoms with Crippen LogP contribution in [0.2, 0.25) is 0 Å². The number of rotatable bonds is 4. The molecule has 0 bridgehead atoms. The van der Waals surface area contributed by atoms with Gasteiger partial charge in [-0.2, -0.15) is 0 Å². The van der Waals surface area contributed by atoms with E-state index >= 15 is 0 Å². The number of nitrogens with one attached hydrogen (secondary N) is 1. The maximum atomic E-state index is 3.90. The molecule has 0 radical (unpaired) electrons. The van der Waals surface area contributed by atoms with Gasteiger partial charge in [0.1, 0.15) is 0 Å². The maximum absolute atomic E-state index is 3.90. The number of fused-ring (bicyclic) bond motifs is 1. The van der Waals surface area contributed by atoms with Crippen molar-refractivity contribution in [2.24, 2.45) is 5.92 Å². The van der Waals surface area contributed by atoms with Gasteiger partial charge in [0.15, 0.2) is 0 Å². The van der Waals surface area contributed by atoms with Crippen molar-refractivity contribution in [3.8, 4) is 0 Å². The summed E-state index contributed by atoms with van der Waals surface area (Å²) in [6, 6.07) is 12.6. The molecule has 3 rings (SSSR count). The Bertz CT molecular complexity index is 359. The standard InChI is InChI=1S/C17H25N/c1-2-6-14(7-3-1)8-4-10-16-13-12-15-9-5-11-17(15)18-16/h1-3,6-7,15-18H,4-5,8-13H2. The van der Waals surface area contributed by atoms with E-state index in [1.165, 1.54) is 56.9 Å². The summed E-state index contributed by atoms with van der Waals surface area (Å²) in [6.07, 6.45) is 11.2. The van der Waals surface area contributed by atoms with Gasteiger partial charge in [-0.1, -0.05) is 36.8 Å². The molecule has 0 spiro atoms. The Morgan fingerprint density at radius 3 is 2.78 bits per heavy atom. The Kier molecular flexibility index (Phi) is 3.99. The molecule has 1 aromatic rings. The van der Waals surface area contributed by atoms with E-state index in [0.29, 0.717) is 0 Å². The zero-order chi connectivity index (χ0) is 12.2. The van der Waals surface area contributed by atoms with Gasteiger partial charge in [0, 0.05) is 12.1 Å². The molecule has 1 aromatic carbocycles. The van der Waals surface area contributed by atoms with Crippen molar-refractivity contribution in [3.63, 3.8) is 0 Å². The van der Waals surface area contributed by atoms with E-state index in [2.05, 4.69) is 35.6 Å². The second kappa shape index (κ2) is 5.88. The van der Waals surface area contributed by atoms with E-state index in [1.54, 1.807) is 0 Å². The number of hydrogen-bond acceptors (Lipinski definition) is 1. The molecule has 1 saturated carbocycles. The lowest BCUT2D eigenvalue weighted by Crippen LogP contribution is -2.45. The third-order valence-corrected chi connectivity index (χ3v) is 4.86. The number of benzene rings is 1. The highest BCUT2D eigenvalue weighted by molar-refractivity contribution is 5.14. The van der Waals surface area contributed by atoms with Gasteiger partial charge in [0.2, 0.25) is 0 Å². The first kappa shape index (κ1) is 12.2. The van der Waals surface area contributed by atoms with Crippen LogP contribution in [-0.2, 0) is 6.42 Å². The molecule has 2 fully saturated rings. The predicted molar refractivity (Wildman–Crippen MR) is 76.7 cm³/mol. The number of piperidine rings is 1. The van der Waals surface area contributed by atoms with Crippen molar-refractivity contribution in [2.75, 3.05) is 0 Å². The highest BCUT2D eigenvalue weighted by atomic mass is 15.0. The van der Waals surface area contributed by atoms with Gasteiger partial charge in [-0.05, 0) is 56.4 Å². The van der Waals surface area contributed by atoms with Crippen LogP contribution in [0.4, 0.5) is 0 Å². The van der Waals surface area contributed by atoms with Crippen molar-refractivity contribution in [3.05, 3.63) is 35.9 Å². The molecule has 0 amide bonds. The summed E-state index contributed by atoms with van der Waals surface area (Å²) in [4.78, 5) is 0. The van der Waals surface area contributed by atoms with Gasteiger partial charge < -0.3 is 5.32 Å². The van der Waals surface area contributed by atoms with Crippen LogP contribution in [0.5, 0.6) is 0 Å². The second-order valence-electron chi connectivity index (χ2n) is 6.12. The molecular weight excluding hydrogens is 218 g/mol. The van der Waals surface area contributed by atoms with Gasteiger partial charge in [-0.25, -0.2) is 0 Å². The van der Waals surface area contributed by atoms with Crippen molar-refractivity contribution >= 4 is 0 Å². The Balaban J connectivity index is 1.41. The summed E-state index contributed by atoms with van der Waals surface area (Å²) in [5.74, 6) is 1.01. The molecule has 1 aliphatic heterocycles. The maximum Gasteiger partial charge on any atom is 0.00979 e. The van der Waals surface area contributed by atoms with Gasteiger partial charge in [0.25, 0.3) is 0 Å². The van der Waals surface area contributed by atoms with Gasteiger partial charge in [-0.3, -0.25) is 0 Å². The molecule has 2 aliphatic rings. The molecule has 3 unspecified atom stereocenters. The van der Waals surface area contributed by atoms with Crippen molar-refractivity contribution in [1.29, 1.82) is 0 Å². The van der Waals surface area contributed by atoms with E-state index in [0.717, 1.165) is 18.0 Å². The van der Waals surface area contributed by atoms with E-state index in [1.807, 2.05) is 0 Å². The molecule has 98 valence electrons. The topological polar surface area (TPSA) is 12.0 Å². The average molecular weight is 243 g/mol. The molecule has 18 heavy (non-hydrogen) atoms. The lowest BCUT2D eigenvalue weighted by Gasteiger charge is -2.33. The predicted octanol–water partition coefficient (Wildman–Crippen LogP) is 3.93. The van der Waals surface area contributed by atoms with Crippen LogP contribution in [0.1, 0.15) is 50.5 Å². The molecule has 0 aromatic heterocycles. The highest BCUT2D eigenvalue weighted by Gasteiger charge is 2.32. The molecule has 1 N–H and O–H groups in total. The molecule has 1 heterocycles. The quantitative estimate of drug-likeness (QED) is 0.845. The summed E-state index contributed by atoms with van der Waals surface area (Å²) < 4.78 is 0. The lowest BCUT2D eigenvalue weighted by molar-refractivity contribution is 0.248. The van der Waals surface area contributed by atoms with Gasteiger partial charge in [0.05, 0.1) is 0 Å². The Morgan fingerprint density at radius 1 is 1.00 bits per heavy atom. The average Bonchev–Trinajstić information content (AvgIpc) is 2.87. The molecule has 3 atom stereocenters. The Morgan fingerprint density at radius 2 is 1.89 bits per heavy atom. The molecule has 1 aliphatic carbocycles. The SMILES string of the molecule is c1ccc(CCCC2CCC3CCCC3N2)cc1. The minimum absolute atomic E-state index is 0.799. The van der Waals surface area contributed by atoms with Crippen molar-refractivity contribution in [2.45, 2.75) is 63.5 Å². The van der Waals surface area contributed by atoms with E-state index in [-0.39, 0.29) is 0 Å². The van der Waals surface area contributed by atoms with Crippen molar-refractivity contribution in [1.82, 2.24) is 5.32 Å². The summed E-state index contributed by atoms with van der Waals surface area (Å²) in [7, 11) is 0. The molecular formula is C17H25N. The fourth-order valence-electron chi connectivity index (χ4n) is 3.83. The summed E-state index contributed by atoms with van der Waals surface area (Å²) >= 11 is 0. The molecule has 1 saturated heterocycles. The first-order valence-corrected chi connectivity index (χ1v) is 7.72. The zero-order valence-electron chi connectivity index (χ0n) is 11.3. The molecule has 1 heteroatoms. The largest absolute Gasteiger partial charge is 0.311 e. The zero-order valence-corrected chi connectivity index (χ0v) is 11.3. The summed E-state index contributed by atoms with van der Waals surface area (Å²) in [5, 5.41) is 3.90. The van der Waals surface area contributed by atoms with Crippen LogP contribution in [0.15, 0.2) is 30.3 Å². The third kappa shape index (κ3) is 2.95. The molecule has 1 nitrogen and oxygen atoms in total.